The van der Waals surface area contributed by atoms with Gasteiger partial charge in [-0.15, -0.1) is 11.3 Å². The Labute approximate surface area is 93.7 Å². The third-order valence-electron chi connectivity index (χ3n) is 1.24. The second kappa shape index (κ2) is 4.79. The van der Waals surface area contributed by atoms with E-state index in [1.165, 1.54) is 11.3 Å². The van der Waals surface area contributed by atoms with E-state index in [4.69, 9.17) is 11.6 Å². The minimum absolute atomic E-state index is 0.127. The summed E-state index contributed by atoms with van der Waals surface area (Å²) in [6, 6.07) is 3.58. The molecule has 1 aromatic rings. The molecule has 0 spiro atoms. The molecule has 0 bridgehead atoms. The van der Waals surface area contributed by atoms with E-state index in [0.29, 0.717) is 16.5 Å². The van der Waals surface area contributed by atoms with Gasteiger partial charge in [-0.1, -0.05) is 18.2 Å². The number of hydrogen-bond acceptors (Lipinski definition) is 2. The first-order valence-electron chi connectivity index (χ1n) is 3.46. The summed E-state index contributed by atoms with van der Waals surface area (Å²) in [6.45, 7) is 3.77. The van der Waals surface area contributed by atoms with Gasteiger partial charge in [0.25, 0.3) is 5.91 Å². The minimum Gasteiger partial charge on any atom is -0.346 e. The van der Waals surface area contributed by atoms with Crippen LogP contribution in [-0.4, -0.2) is 12.5 Å². The molecule has 13 heavy (non-hydrogen) atoms. The molecule has 0 aliphatic heterocycles. The number of carbonyl (C=O) groups is 1. The Bertz CT molecular complexity index is 337. The van der Waals surface area contributed by atoms with Gasteiger partial charge in [-0.25, -0.2) is 0 Å². The number of halogens is 2. The molecule has 1 heterocycles. The largest absolute Gasteiger partial charge is 0.346 e. The Morgan fingerprint density at radius 1 is 1.69 bits per heavy atom. The highest BCUT2D eigenvalue weighted by Crippen LogP contribution is 2.21. The second-order valence-electron chi connectivity index (χ2n) is 2.30. The summed E-state index contributed by atoms with van der Waals surface area (Å²) in [6.07, 6.45) is 0. The van der Waals surface area contributed by atoms with E-state index in [-0.39, 0.29) is 5.91 Å². The first-order valence-corrected chi connectivity index (χ1v) is 5.45. The van der Waals surface area contributed by atoms with Crippen LogP contribution in [0.2, 0.25) is 0 Å². The fraction of sp³-hybridized carbons (Fsp3) is 0.125. The number of thiophene rings is 1. The van der Waals surface area contributed by atoms with Crippen molar-refractivity contribution in [3.63, 3.8) is 0 Å². The first kappa shape index (κ1) is 10.8. The van der Waals surface area contributed by atoms with Crippen LogP contribution in [0.5, 0.6) is 0 Å². The van der Waals surface area contributed by atoms with Gasteiger partial charge in [-0.2, -0.15) is 0 Å². The number of amides is 1. The van der Waals surface area contributed by atoms with E-state index in [1.54, 1.807) is 6.07 Å². The molecule has 1 amide bonds. The standard InChI is InChI=1S/C8H7BrClNOS/c1-5(10)4-11-8(12)6-2-3-7(9)13-6/h2-3H,1,4H2,(H,11,12). The van der Waals surface area contributed by atoms with Gasteiger partial charge in [-0.3, -0.25) is 4.79 Å². The Morgan fingerprint density at radius 3 is 2.85 bits per heavy atom. The number of carbonyl (C=O) groups excluding carboxylic acids is 1. The number of rotatable bonds is 3. The highest BCUT2D eigenvalue weighted by Gasteiger charge is 2.07. The molecular formula is C8H7BrClNOS. The van der Waals surface area contributed by atoms with Gasteiger partial charge in [0.15, 0.2) is 0 Å². The van der Waals surface area contributed by atoms with Crippen molar-refractivity contribution in [2.75, 3.05) is 6.54 Å². The summed E-state index contributed by atoms with van der Waals surface area (Å²) < 4.78 is 0.933. The minimum atomic E-state index is -0.127. The number of nitrogens with one attached hydrogen (secondary N) is 1. The maximum absolute atomic E-state index is 11.3. The highest BCUT2D eigenvalue weighted by molar-refractivity contribution is 9.11. The topological polar surface area (TPSA) is 29.1 Å². The molecular weight excluding hydrogens is 274 g/mol. The van der Waals surface area contributed by atoms with Crippen LogP contribution in [0.3, 0.4) is 0 Å². The molecule has 0 fully saturated rings. The molecule has 70 valence electrons. The molecule has 0 aliphatic rings. The van der Waals surface area contributed by atoms with E-state index < -0.39 is 0 Å². The number of hydrogen-bond donors (Lipinski definition) is 1. The molecule has 1 N–H and O–H groups in total. The predicted molar refractivity (Wildman–Crippen MR) is 59.3 cm³/mol. The summed E-state index contributed by atoms with van der Waals surface area (Å²) in [5, 5.41) is 3.05. The summed E-state index contributed by atoms with van der Waals surface area (Å²) in [7, 11) is 0. The molecule has 0 saturated heterocycles. The maximum Gasteiger partial charge on any atom is 0.261 e. The van der Waals surface area contributed by atoms with Crippen molar-refractivity contribution in [1.82, 2.24) is 5.32 Å². The van der Waals surface area contributed by atoms with Crippen molar-refractivity contribution in [3.8, 4) is 0 Å². The molecule has 0 saturated carbocycles. The monoisotopic (exact) mass is 279 g/mol. The van der Waals surface area contributed by atoms with Crippen LogP contribution >= 0.6 is 38.9 Å². The van der Waals surface area contributed by atoms with Crippen molar-refractivity contribution < 1.29 is 4.79 Å². The van der Waals surface area contributed by atoms with Crippen LogP contribution in [0.4, 0.5) is 0 Å². The van der Waals surface area contributed by atoms with Crippen molar-refractivity contribution >= 4 is 44.8 Å². The van der Waals surface area contributed by atoms with Gasteiger partial charge in [0.05, 0.1) is 15.2 Å². The lowest BCUT2D eigenvalue weighted by molar-refractivity contribution is 0.0961. The van der Waals surface area contributed by atoms with Gasteiger partial charge in [-0.05, 0) is 28.1 Å². The molecule has 1 rings (SSSR count). The van der Waals surface area contributed by atoms with Crippen molar-refractivity contribution in [2.45, 2.75) is 0 Å². The fourth-order valence-corrected chi connectivity index (χ4v) is 2.07. The average molecular weight is 281 g/mol. The van der Waals surface area contributed by atoms with Crippen LogP contribution in [0.15, 0.2) is 27.5 Å². The lowest BCUT2D eigenvalue weighted by atomic mass is 10.4. The van der Waals surface area contributed by atoms with E-state index in [1.807, 2.05) is 6.07 Å². The Kier molecular flexibility index (Phi) is 3.96. The lowest BCUT2D eigenvalue weighted by Crippen LogP contribution is -2.23. The normalized spacial score (nSPS) is 9.69. The van der Waals surface area contributed by atoms with Gasteiger partial charge in [0.1, 0.15) is 0 Å². The van der Waals surface area contributed by atoms with Gasteiger partial charge < -0.3 is 5.32 Å². The fourth-order valence-electron chi connectivity index (χ4n) is 0.700. The van der Waals surface area contributed by atoms with Gasteiger partial charge in [0.2, 0.25) is 0 Å². The third kappa shape index (κ3) is 3.50. The Hall–Kier alpha value is -0.320. The molecule has 0 atom stereocenters. The van der Waals surface area contributed by atoms with Gasteiger partial charge in [0, 0.05) is 5.03 Å². The van der Waals surface area contributed by atoms with Gasteiger partial charge >= 0.3 is 0 Å². The zero-order valence-corrected chi connectivity index (χ0v) is 9.80. The Morgan fingerprint density at radius 2 is 2.38 bits per heavy atom. The van der Waals surface area contributed by atoms with Crippen LogP contribution in [0, 0.1) is 0 Å². The van der Waals surface area contributed by atoms with E-state index in [2.05, 4.69) is 27.8 Å². The van der Waals surface area contributed by atoms with Crippen molar-refractivity contribution in [1.29, 1.82) is 0 Å². The summed E-state index contributed by atoms with van der Waals surface area (Å²) in [5.74, 6) is -0.127. The first-order chi connectivity index (χ1) is 6.09. The molecule has 0 aliphatic carbocycles. The SMILES string of the molecule is C=C(Cl)CNC(=O)c1ccc(Br)s1. The molecule has 0 unspecified atom stereocenters. The molecule has 0 radical (unpaired) electrons. The average Bonchev–Trinajstić information content (AvgIpc) is 2.47. The van der Waals surface area contributed by atoms with Crippen LogP contribution in [-0.2, 0) is 0 Å². The zero-order chi connectivity index (χ0) is 9.84. The van der Waals surface area contributed by atoms with E-state index in [9.17, 15) is 4.79 Å². The summed E-state index contributed by atoms with van der Waals surface area (Å²) in [4.78, 5) is 12.0. The zero-order valence-electron chi connectivity index (χ0n) is 6.64. The smallest absolute Gasteiger partial charge is 0.261 e. The molecule has 1 aromatic heterocycles. The molecule has 0 aromatic carbocycles. The maximum atomic E-state index is 11.3. The Balaban J connectivity index is 2.54. The second-order valence-corrected chi connectivity index (χ2v) is 5.30. The van der Waals surface area contributed by atoms with Crippen LogP contribution in [0.1, 0.15) is 9.67 Å². The predicted octanol–water partition coefficient (Wildman–Crippen LogP) is 2.99. The lowest BCUT2D eigenvalue weighted by Gasteiger charge is -1.99. The van der Waals surface area contributed by atoms with E-state index >= 15 is 0 Å². The van der Waals surface area contributed by atoms with E-state index in [0.717, 1.165) is 3.79 Å². The quantitative estimate of drug-likeness (QED) is 0.906. The highest BCUT2D eigenvalue weighted by atomic mass is 79.9. The van der Waals surface area contributed by atoms with Crippen molar-refractivity contribution in [3.05, 3.63) is 32.4 Å². The summed E-state index contributed by atoms with van der Waals surface area (Å²) in [5.41, 5.74) is 0. The summed E-state index contributed by atoms with van der Waals surface area (Å²) >= 11 is 10.2. The molecule has 5 heteroatoms. The van der Waals surface area contributed by atoms with Crippen molar-refractivity contribution in [2.24, 2.45) is 0 Å². The van der Waals surface area contributed by atoms with Crippen LogP contribution in [0.25, 0.3) is 0 Å². The van der Waals surface area contributed by atoms with Crippen LogP contribution < -0.4 is 5.32 Å². The molecule has 2 nitrogen and oxygen atoms in total. The third-order valence-corrected chi connectivity index (χ3v) is 2.99.